The number of rotatable bonds is 6. The molecule has 0 spiro atoms. The summed E-state index contributed by atoms with van der Waals surface area (Å²) in [6, 6.07) is 4.25. The van der Waals surface area contributed by atoms with Gasteiger partial charge in [0.05, 0.1) is 4.92 Å². The maximum atomic E-state index is 11.6. The summed E-state index contributed by atoms with van der Waals surface area (Å²) in [6.45, 7) is 5.26. The number of anilines is 1. The van der Waals surface area contributed by atoms with E-state index in [-0.39, 0.29) is 0 Å². The molecule has 1 fully saturated rings. The Morgan fingerprint density at radius 1 is 1.48 bits per heavy atom. The first-order valence-corrected chi connectivity index (χ1v) is 9.02. The molecule has 1 saturated heterocycles. The molecule has 9 heteroatoms. The second-order valence-electron chi connectivity index (χ2n) is 5.88. The van der Waals surface area contributed by atoms with Gasteiger partial charge < -0.3 is 9.80 Å². The number of nitro benzene ring substituents is 1. The monoisotopic (exact) mass is 342 g/mol. The van der Waals surface area contributed by atoms with Crippen molar-refractivity contribution in [3.63, 3.8) is 0 Å². The van der Waals surface area contributed by atoms with E-state index in [4.69, 9.17) is 5.14 Å². The molecule has 8 nitrogen and oxygen atoms in total. The Bertz CT molecular complexity index is 692. The van der Waals surface area contributed by atoms with Crippen LogP contribution in [0.25, 0.3) is 0 Å². The quantitative estimate of drug-likeness (QED) is 0.610. The number of primary sulfonamides is 1. The normalized spacial score (nSPS) is 18.6. The Labute approximate surface area is 136 Å². The van der Waals surface area contributed by atoms with Crippen molar-refractivity contribution in [2.75, 3.05) is 38.1 Å². The number of hydrogen-bond acceptors (Lipinski definition) is 6. The summed E-state index contributed by atoms with van der Waals surface area (Å²) in [6.07, 6.45) is 0.918. The molecule has 1 atom stereocenters. The molecule has 1 aliphatic heterocycles. The molecule has 1 aromatic carbocycles. The van der Waals surface area contributed by atoms with Crippen molar-refractivity contribution in [3.8, 4) is 0 Å². The van der Waals surface area contributed by atoms with Gasteiger partial charge in [-0.15, -0.1) is 0 Å². The van der Waals surface area contributed by atoms with E-state index in [0.717, 1.165) is 19.5 Å². The van der Waals surface area contributed by atoms with Crippen LogP contribution in [0.3, 0.4) is 0 Å². The van der Waals surface area contributed by atoms with Crippen LogP contribution in [0, 0.1) is 16.0 Å². The number of para-hydroxylation sites is 1. The highest BCUT2D eigenvalue weighted by molar-refractivity contribution is 7.89. The minimum Gasteiger partial charge on any atom is -0.366 e. The van der Waals surface area contributed by atoms with Gasteiger partial charge in [-0.1, -0.05) is 13.0 Å². The molecule has 0 radical (unpaired) electrons. The minimum atomic E-state index is -4.14. The van der Waals surface area contributed by atoms with Gasteiger partial charge in [-0.3, -0.25) is 10.1 Å². The van der Waals surface area contributed by atoms with E-state index in [9.17, 15) is 18.5 Å². The third kappa shape index (κ3) is 3.98. The number of benzene rings is 1. The van der Waals surface area contributed by atoms with Crippen LogP contribution in [0.1, 0.15) is 13.3 Å². The minimum absolute atomic E-state index is 0.322. The average Bonchev–Trinajstić information content (AvgIpc) is 2.93. The Hall–Kier alpha value is -1.71. The van der Waals surface area contributed by atoms with Crippen molar-refractivity contribution < 1.29 is 13.3 Å². The van der Waals surface area contributed by atoms with Crippen LogP contribution in [-0.4, -0.2) is 51.5 Å². The zero-order chi connectivity index (χ0) is 17.2. The number of nitro groups is 1. The standard InChI is InChI=1S/C14H22N4O4S/c1-3-16(2)9-11-7-8-17(10-11)12-5-4-6-13(23(15,21)22)14(12)18(19)20/h4-6,11H,3,7-10H2,1-2H3,(H2,15,21,22). The fourth-order valence-electron chi connectivity index (χ4n) is 2.95. The van der Waals surface area contributed by atoms with Gasteiger partial charge in [0.15, 0.2) is 4.90 Å². The van der Waals surface area contributed by atoms with E-state index in [0.29, 0.717) is 24.7 Å². The fraction of sp³-hybridized carbons (Fsp3) is 0.571. The average molecular weight is 342 g/mol. The molecule has 0 amide bonds. The van der Waals surface area contributed by atoms with Crippen LogP contribution >= 0.6 is 0 Å². The van der Waals surface area contributed by atoms with Gasteiger partial charge in [-0.2, -0.15) is 0 Å². The van der Waals surface area contributed by atoms with Crippen LogP contribution in [0.4, 0.5) is 11.4 Å². The molecular formula is C14H22N4O4S. The molecule has 1 aromatic rings. The SMILES string of the molecule is CCN(C)CC1CCN(c2cccc(S(N)(=O)=O)c2[N+](=O)[O-])C1. The largest absolute Gasteiger partial charge is 0.366 e. The van der Waals surface area contributed by atoms with Gasteiger partial charge in [0, 0.05) is 19.6 Å². The topological polar surface area (TPSA) is 110 Å². The molecule has 23 heavy (non-hydrogen) atoms. The summed E-state index contributed by atoms with van der Waals surface area (Å²) < 4.78 is 23.2. The third-order valence-corrected chi connectivity index (χ3v) is 5.15. The molecule has 1 heterocycles. The molecule has 0 aromatic heterocycles. The third-order valence-electron chi connectivity index (χ3n) is 4.20. The molecule has 1 unspecified atom stereocenters. The van der Waals surface area contributed by atoms with E-state index in [1.807, 2.05) is 11.9 Å². The summed E-state index contributed by atoms with van der Waals surface area (Å²) in [5.74, 6) is 0.401. The Balaban J connectivity index is 2.32. The summed E-state index contributed by atoms with van der Waals surface area (Å²) in [4.78, 5) is 14.4. The number of sulfonamides is 1. The highest BCUT2D eigenvalue weighted by Crippen LogP contribution is 2.36. The fourth-order valence-corrected chi connectivity index (χ4v) is 3.67. The van der Waals surface area contributed by atoms with Gasteiger partial charge >= 0.3 is 5.69 Å². The maximum absolute atomic E-state index is 11.6. The van der Waals surface area contributed by atoms with E-state index < -0.39 is 25.5 Å². The predicted octanol–water partition coefficient (Wildman–Crippen LogP) is 1.02. The predicted molar refractivity (Wildman–Crippen MR) is 88.0 cm³/mol. The molecule has 0 bridgehead atoms. The van der Waals surface area contributed by atoms with Crippen LogP contribution in [0.2, 0.25) is 0 Å². The van der Waals surface area contributed by atoms with Crippen molar-refractivity contribution in [3.05, 3.63) is 28.3 Å². The first-order chi connectivity index (χ1) is 10.7. The number of nitrogens with two attached hydrogens (primary N) is 1. The maximum Gasteiger partial charge on any atom is 0.312 e. The van der Waals surface area contributed by atoms with E-state index in [2.05, 4.69) is 11.8 Å². The molecule has 128 valence electrons. The molecule has 1 aliphatic rings. The van der Waals surface area contributed by atoms with Gasteiger partial charge in [0.2, 0.25) is 10.0 Å². The molecule has 0 saturated carbocycles. The zero-order valence-corrected chi connectivity index (χ0v) is 14.1. The van der Waals surface area contributed by atoms with Crippen molar-refractivity contribution >= 4 is 21.4 Å². The Kier molecular flexibility index (Phi) is 5.23. The lowest BCUT2D eigenvalue weighted by Crippen LogP contribution is -2.28. The highest BCUT2D eigenvalue weighted by Gasteiger charge is 2.32. The molecular weight excluding hydrogens is 320 g/mol. The van der Waals surface area contributed by atoms with Crippen molar-refractivity contribution in [1.82, 2.24) is 4.90 Å². The highest BCUT2D eigenvalue weighted by atomic mass is 32.2. The van der Waals surface area contributed by atoms with Gasteiger partial charge in [0.25, 0.3) is 0 Å². The molecule has 2 rings (SSSR count). The van der Waals surface area contributed by atoms with E-state index in [1.54, 1.807) is 6.07 Å². The molecule has 2 N–H and O–H groups in total. The summed E-state index contributed by atoms with van der Waals surface area (Å²) in [5.41, 5.74) is -0.109. The lowest BCUT2D eigenvalue weighted by atomic mass is 10.1. The van der Waals surface area contributed by atoms with Crippen LogP contribution < -0.4 is 10.0 Å². The van der Waals surface area contributed by atoms with Gasteiger partial charge in [-0.05, 0) is 38.1 Å². The molecule has 0 aliphatic carbocycles. The van der Waals surface area contributed by atoms with Crippen LogP contribution in [0.15, 0.2) is 23.1 Å². The first kappa shape index (κ1) is 17.6. The zero-order valence-electron chi connectivity index (χ0n) is 13.3. The smallest absolute Gasteiger partial charge is 0.312 e. The Morgan fingerprint density at radius 2 is 2.17 bits per heavy atom. The number of hydrogen-bond donors (Lipinski definition) is 1. The first-order valence-electron chi connectivity index (χ1n) is 7.47. The second kappa shape index (κ2) is 6.81. The lowest BCUT2D eigenvalue weighted by molar-refractivity contribution is -0.387. The van der Waals surface area contributed by atoms with Crippen molar-refractivity contribution in [1.29, 1.82) is 0 Å². The van der Waals surface area contributed by atoms with Crippen LogP contribution in [-0.2, 0) is 10.0 Å². The van der Waals surface area contributed by atoms with E-state index >= 15 is 0 Å². The van der Waals surface area contributed by atoms with Gasteiger partial charge in [0.1, 0.15) is 5.69 Å². The lowest BCUT2D eigenvalue weighted by Gasteiger charge is -2.21. The number of nitrogens with zero attached hydrogens (tertiary/aromatic N) is 3. The Morgan fingerprint density at radius 3 is 2.74 bits per heavy atom. The summed E-state index contributed by atoms with van der Waals surface area (Å²) >= 11 is 0. The van der Waals surface area contributed by atoms with E-state index in [1.165, 1.54) is 12.1 Å². The van der Waals surface area contributed by atoms with Crippen molar-refractivity contribution in [2.45, 2.75) is 18.2 Å². The summed E-state index contributed by atoms with van der Waals surface area (Å²) in [7, 11) is -2.11. The summed E-state index contributed by atoms with van der Waals surface area (Å²) in [5, 5.41) is 16.5. The van der Waals surface area contributed by atoms with Crippen molar-refractivity contribution in [2.24, 2.45) is 11.1 Å². The second-order valence-corrected chi connectivity index (χ2v) is 7.41. The van der Waals surface area contributed by atoms with Gasteiger partial charge in [-0.25, -0.2) is 13.6 Å². The van der Waals surface area contributed by atoms with Crippen LogP contribution in [0.5, 0.6) is 0 Å².